The van der Waals surface area contributed by atoms with Gasteiger partial charge in [0, 0.05) is 11.3 Å². The van der Waals surface area contributed by atoms with Crippen molar-refractivity contribution in [2.45, 2.75) is 11.8 Å². The fourth-order valence-corrected chi connectivity index (χ4v) is 5.92. The van der Waals surface area contributed by atoms with E-state index in [1.54, 1.807) is 36.4 Å². The van der Waals surface area contributed by atoms with Gasteiger partial charge in [-0.3, -0.25) is 24.2 Å². The molecule has 9 heteroatoms. The topological polar surface area (TPSA) is 69.7 Å². The van der Waals surface area contributed by atoms with Gasteiger partial charge in [-0.25, -0.2) is 4.39 Å². The van der Waals surface area contributed by atoms with Crippen molar-refractivity contribution in [1.82, 2.24) is 0 Å². The SMILES string of the molecule is Cc1ccc2c(c1)[C@@]1(SCC(=O)N1c1cccc(F)c1)C(=O)N2CC(=O)Nc1ccccc1Cl. The van der Waals surface area contributed by atoms with Gasteiger partial charge in [0.1, 0.15) is 12.4 Å². The van der Waals surface area contributed by atoms with Crippen LogP contribution in [0.2, 0.25) is 5.02 Å². The Morgan fingerprint density at radius 3 is 2.68 bits per heavy atom. The fraction of sp³-hybridized carbons (Fsp3) is 0.160. The molecule has 0 bridgehead atoms. The van der Waals surface area contributed by atoms with Crippen molar-refractivity contribution in [3.05, 3.63) is 88.7 Å². The molecule has 6 nitrogen and oxygen atoms in total. The van der Waals surface area contributed by atoms with Gasteiger partial charge in [-0.2, -0.15) is 0 Å². The summed E-state index contributed by atoms with van der Waals surface area (Å²) in [4.78, 5) is 41.2. The van der Waals surface area contributed by atoms with Crippen LogP contribution in [0, 0.1) is 12.7 Å². The van der Waals surface area contributed by atoms with Crippen LogP contribution in [0.4, 0.5) is 21.5 Å². The number of hydrogen-bond acceptors (Lipinski definition) is 4. The molecule has 2 aliphatic heterocycles. The Balaban J connectivity index is 1.56. The molecule has 0 unspecified atom stereocenters. The lowest BCUT2D eigenvalue weighted by atomic mass is 10.0. The minimum atomic E-state index is -1.42. The first kappa shape index (κ1) is 22.4. The maximum absolute atomic E-state index is 14.1. The summed E-state index contributed by atoms with van der Waals surface area (Å²) in [5.41, 5.74) is 2.76. The minimum Gasteiger partial charge on any atom is -0.323 e. The summed E-state index contributed by atoms with van der Waals surface area (Å²) in [6.45, 7) is 1.62. The van der Waals surface area contributed by atoms with Crippen LogP contribution in [0.25, 0.3) is 0 Å². The number of thioether (sulfide) groups is 1. The summed E-state index contributed by atoms with van der Waals surface area (Å²) in [5.74, 6) is -1.63. The molecule has 1 atom stereocenters. The first-order chi connectivity index (χ1) is 16.3. The molecular weight excluding hydrogens is 477 g/mol. The number of rotatable bonds is 4. The van der Waals surface area contributed by atoms with Crippen LogP contribution in [-0.2, 0) is 19.3 Å². The number of fused-ring (bicyclic) bond motifs is 2. The van der Waals surface area contributed by atoms with Gasteiger partial charge < -0.3 is 5.32 Å². The van der Waals surface area contributed by atoms with E-state index in [9.17, 15) is 18.8 Å². The van der Waals surface area contributed by atoms with Crippen molar-refractivity contribution < 1.29 is 18.8 Å². The van der Waals surface area contributed by atoms with E-state index in [2.05, 4.69) is 5.32 Å². The number of nitrogens with one attached hydrogen (secondary N) is 1. The van der Waals surface area contributed by atoms with E-state index in [0.717, 1.165) is 5.56 Å². The monoisotopic (exact) mass is 495 g/mol. The van der Waals surface area contributed by atoms with Crippen molar-refractivity contribution in [2.75, 3.05) is 27.4 Å². The predicted molar refractivity (Wildman–Crippen MR) is 132 cm³/mol. The number of carbonyl (C=O) groups is 3. The normalized spacial score (nSPS) is 19.1. The molecule has 2 aliphatic rings. The molecule has 1 saturated heterocycles. The first-order valence-corrected chi connectivity index (χ1v) is 11.9. The molecule has 3 amide bonds. The lowest BCUT2D eigenvalue weighted by Gasteiger charge is -2.33. The summed E-state index contributed by atoms with van der Waals surface area (Å²) in [5, 5.41) is 3.12. The molecule has 5 rings (SSSR count). The van der Waals surface area contributed by atoms with Crippen molar-refractivity contribution in [2.24, 2.45) is 0 Å². The van der Waals surface area contributed by atoms with Crippen molar-refractivity contribution >= 4 is 58.1 Å². The van der Waals surface area contributed by atoms with E-state index in [0.29, 0.717) is 22.0 Å². The Labute approximate surface area is 204 Å². The van der Waals surface area contributed by atoms with Gasteiger partial charge in [-0.05, 0) is 43.3 Å². The summed E-state index contributed by atoms with van der Waals surface area (Å²) in [7, 11) is 0. The first-order valence-electron chi connectivity index (χ1n) is 10.5. The highest BCUT2D eigenvalue weighted by atomic mass is 35.5. The molecule has 172 valence electrons. The standard InChI is InChI=1S/C25H19ClFN3O3S/c1-15-9-10-21-18(11-15)25(30(23(32)14-34-25)17-6-4-5-16(27)12-17)24(33)29(21)13-22(31)28-20-8-3-2-7-19(20)26/h2-12H,13-14H2,1H3,(H,28,31)/t25-/m1/s1. The number of para-hydroxylation sites is 1. The van der Waals surface area contributed by atoms with Crippen LogP contribution in [0.3, 0.4) is 0 Å². The second-order valence-corrected chi connectivity index (χ2v) is 9.66. The average Bonchev–Trinajstić information content (AvgIpc) is 3.26. The molecule has 3 aromatic rings. The minimum absolute atomic E-state index is 0.0509. The number of amides is 3. The Kier molecular flexibility index (Phi) is 5.58. The van der Waals surface area contributed by atoms with E-state index in [1.165, 1.54) is 39.8 Å². The van der Waals surface area contributed by atoms with Crippen LogP contribution < -0.4 is 15.1 Å². The molecule has 2 heterocycles. The Hall–Kier alpha value is -3.36. The van der Waals surface area contributed by atoms with Crippen LogP contribution in [-0.4, -0.2) is 30.0 Å². The number of carbonyl (C=O) groups excluding carboxylic acids is 3. The van der Waals surface area contributed by atoms with Gasteiger partial charge in [0.05, 0.1) is 22.2 Å². The Morgan fingerprint density at radius 2 is 1.91 bits per heavy atom. The summed E-state index contributed by atoms with van der Waals surface area (Å²) >= 11 is 7.33. The number of hydrogen-bond donors (Lipinski definition) is 1. The summed E-state index contributed by atoms with van der Waals surface area (Å²) in [6, 6.07) is 17.9. The summed E-state index contributed by atoms with van der Waals surface area (Å²) in [6.07, 6.45) is 0. The third kappa shape index (κ3) is 3.54. The van der Waals surface area contributed by atoms with Gasteiger partial charge in [-0.15, -0.1) is 11.8 Å². The maximum Gasteiger partial charge on any atom is 0.269 e. The quantitative estimate of drug-likeness (QED) is 0.569. The van der Waals surface area contributed by atoms with Gasteiger partial charge in [0.15, 0.2) is 0 Å². The lowest BCUT2D eigenvalue weighted by Crippen LogP contribution is -2.51. The van der Waals surface area contributed by atoms with E-state index < -0.39 is 22.5 Å². The number of aryl methyl sites for hydroxylation is 1. The zero-order valence-corrected chi connectivity index (χ0v) is 19.6. The van der Waals surface area contributed by atoms with Crippen LogP contribution >= 0.6 is 23.4 Å². The number of halogens is 2. The number of anilines is 3. The lowest BCUT2D eigenvalue weighted by molar-refractivity contribution is -0.124. The van der Waals surface area contributed by atoms with Gasteiger partial charge in [0.25, 0.3) is 5.91 Å². The second kappa shape index (κ2) is 8.45. The highest BCUT2D eigenvalue weighted by Gasteiger charge is 2.61. The van der Waals surface area contributed by atoms with Crippen molar-refractivity contribution in [1.29, 1.82) is 0 Å². The molecule has 1 fully saturated rings. The zero-order chi connectivity index (χ0) is 24.0. The summed E-state index contributed by atoms with van der Waals surface area (Å²) < 4.78 is 14.1. The number of nitrogens with zero attached hydrogens (tertiary/aromatic N) is 2. The van der Waals surface area contributed by atoms with E-state index in [-0.39, 0.29) is 23.9 Å². The van der Waals surface area contributed by atoms with Crippen molar-refractivity contribution in [3.8, 4) is 0 Å². The molecule has 0 aromatic heterocycles. The largest absolute Gasteiger partial charge is 0.323 e. The zero-order valence-electron chi connectivity index (χ0n) is 18.0. The Morgan fingerprint density at radius 1 is 1.12 bits per heavy atom. The van der Waals surface area contributed by atoms with Crippen molar-refractivity contribution in [3.63, 3.8) is 0 Å². The molecule has 3 aromatic carbocycles. The Bertz CT molecular complexity index is 1350. The highest BCUT2D eigenvalue weighted by molar-refractivity contribution is 8.02. The van der Waals surface area contributed by atoms with Crippen LogP contribution in [0.1, 0.15) is 11.1 Å². The molecular formula is C25H19ClFN3O3S. The fourth-order valence-electron chi connectivity index (χ4n) is 4.38. The molecule has 1 N–H and O–H groups in total. The average molecular weight is 496 g/mol. The smallest absolute Gasteiger partial charge is 0.269 e. The van der Waals surface area contributed by atoms with Crippen LogP contribution in [0.15, 0.2) is 66.7 Å². The molecule has 34 heavy (non-hydrogen) atoms. The van der Waals surface area contributed by atoms with E-state index in [1.807, 2.05) is 19.1 Å². The van der Waals surface area contributed by atoms with E-state index >= 15 is 0 Å². The third-order valence-electron chi connectivity index (χ3n) is 5.83. The van der Waals surface area contributed by atoms with E-state index in [4.69, 9.17) is 11.6 Å². The molecule has 0 saturated carbocycles. The molecule has 0 radical (unpaired) electrons. The van der Waals surface area contributed by atoms with Gasteiger partial charge >= 0.3 is 0 Å². The number of benzene rings is 3. The predicted octanol–water partition coefficient (Wildman–Crippen LogP) is 4.71. The van der Waals surface area contributed by atoms with Crippen LogP contribution in [0.5, 0.6) is 0 Å². The van der Waals surface area contributed by atoms with Gasteiger partial charge in [-0.1, -0.05) is 47.5 Å². The molecule has 0 aliphatic carbocycles. The highest BCUT2D eigenvalue weighted by Crippen LogP contribution is 2.55. The maximum atomic E-state index is 14.1. The second-order valence-electron chi connectivity index (χ2n) is 8.08. The molecule has 1 spiro atoms. The van der Waals surface area contributed by atoms with Gasteiger partial charge in [0.2, 0.25) is 16.7 Å². The third-order valence-corrected chi connectivity index (χ3v) is 7.54.